The number of carbonyl (C=O) groups excluding carboxylic acids is 1. The van der Waals surface area contributed by atoms with E-state index in [4.69, 9.17) is 0 Å². The zero-order valence-corrected chi connectivity index (χ0v) is 19.3. The molecule has 0 bridgehead atoms. The largest absolute Gasteiger partial charge is 0.484 e. The molecule has 190 valence electrons. The van der Waals surface area contributed by atoms with Crippen LogP contribution in [-0.2, 0) is 6.54 Å². The molecule has 0 saturated carbocycles. The van der Waals surface area contributed by atoms with E-state index in [1.807, 2.05) is 18.2 Å². The normalized spacial score (nSPS) is 15.1. The van der Waals surface area contributed by atoms with E-state index in [9.17, 15) is 28.1 Å². The number of hydrogen-bond acceptors (Lipinski definition) is 6. The molecule has 11 heteroatoms. The Bertz CT molecular complexity index is 980. The predicted octanol–water partition coefficient (Wildman–Crippen LogP) is 3.86. The second-order valence-corrected chi connectivity index (χ2v) is 8.41. The van der Waals surface area contributed by atoms with Crippen molar-refractivity contribution in [2.24, 2.45) is 0 Å². The summed E-state index contributed by atoms with van der Waals surface area (Å²) < 4.78 is 41.7. The minimum absolute atomic E-state index is 0.260. The molecule has 0 aliphatic carbocycles. The number of carbonyl (C=O) groups is 1. The molecule has 0 atom stereocenters. The Labute approximate surface area is 201 Å². The van der Waals surface area contributed by atoms with Crippen molar-refractivity contribution < 1.29 is 27.6 Å². The van der Waals surface area contributed by atoms with Gasteiger partial charge in [-0.15, -0.1) is 0 Å². The van der Waals surface area contributed by atoms with Crippen molar-refractivity contribution in [3.63, 3.8) is 0 Å². The molecule has 1 aliphatic rings. The second kappa shape index (κ2) is 12.5. The molecular weight excluding hydrogens is 465 g/mol. The van der Waals surface area contributed by atoms with Crippen molar-refractivity contribution in [3.8, 4) is 5.75 Å². The molecule has 8 nitrogen and oxygen atoms in total. The van der Waals surface area contributed by atoms with E-state index in [1.54, 1.807) is 0 Å². The van der Waals surface area contributed by atoms with Crippen molar-refractivity contribution >= 4 is 11.6 Å². The zero-order valence-electron chi connectivity index (χ0n) is 19.3. The second-order valence-electron chi connectivity index (χ2n) is 8.41. The van der Waals surface area contributed by atoms with Gasteiger partial charge in [0.05, 0.1) is 4.92 Å². The highest BCUT2D eigenvalue weighted by molar-refractivity contribution is 5.98. The summed E-state index contributed by atoms with van der Waals surface area (Å²) in [5.74, 6) is -0.979. The Balaban J connectivity index is 1.39. The molecule has 0 aromatic heterocycles. The number of nitrogens with zero attached hydrogens (tertiary/aromatic N) is 3. The van der Waals surface area contributed by atoms with Gasteiger partial charge in [0.2, 0.25) is 0 Å². The Morgan fingerprint density at radius 2 is 1.71 bits per heavy atom. The van der Waals surface area contributed by atoms with Gasteiger partial charge in [-0.25, -0.2) is 0 Å². The van der Waals surface area contributed by atoms with Crippen LogP contribution in [0.2, 0.25) is 0 Å². The van der Waals surface area contributed by atoms with Gasteiger partial charge in [0.25, 0.3) is 11.6 Å². The molecule has 2 aromatic carbocycles. The summed E-state index contributed by atoms with van der Waals surface area (Å²) in [5.41, 5.74) is 0.480. The molecular formula is C24H29F3N4O4. The van der Waals surface area contributed by atoms with Crippen LogP contribution in [0.1, 0.15) is 28.8 Å². The number of nitrogens with one attached hydrogen (secondary N) is 1. The first-order valence-corrected chi connectivity index (χ1v) is 11.5. The van der Waals surface area contributed by atoms with E-state index in [0.29, 0.717) is 13.0 Å². The van der Waals surface area contributed by atoms with Gasteiger partial charge in [0, 0.05) is 45.3 Å². The first-order chi connectivity index (χ1) is 16.7. The van der Waals surface area contributed by atoms with Gasteiger partial charge in [-0.1, -0.05) is 30.3 Å². The molecule has 0 radical (unpaired) electrons. The first kappa shape index (κ1) is 26.4. The van der Waals surface area contributed by atoms with Crippen LogP contribution in [0.5, 0.6) is 5.75 Å². The lowest BCUT2D eigenvalue weighted by molar-refractivity contribution is -0.385. The number of nitro benzene ring substituents is 1. The van der Waals surface area contributed by atoms with E-state index in [2.05, 4.69) is 32.0 Å². The minimum Gasteiger partial charge on any atom is -0.484 e. The maximum Gasteiger partial charge on any atom is 0.422 e. The summed E-state index contributed by atoms with van der Waals surface area (Å²) in [4.78, 5) is 27.7. The smallest absolute Gasteiger partial charge is 0.422 e. The average molecular weight is 495 g/mol. The van der Waals surface area contributed by atoms with Crippen molar-refractivity contribution in [3.05, 3.63) is 69.8 Å². The van der Waals surface area contributed by atoms with Gasteiger partial charge < -0.3 is 15.0 Å². The number of piperazine rings is 1. The summed E-state index contributed by atoms with van der Waals surface area (Å²) in [6.45, 7) is 4.49. The SMILES string of the molecule is O=C(NCCCCN1CCN(Cc2ccccc2)CC1)c1cc(OCC(F)(F)F)ccc1[N+](=O)[O-]. The van der Waals surface area contributed by atoms with Gasteiger partial charge >= 0.3 is 6.18 Å². The summed E-state index contributed by atoms with van der Waals surface area (Å²) in [6, 6.07) is 13.3. The van der Waals surface area contributed by atoms with Crippen LogP contribution in [0.15, 0.2) is 48.5 Å². The van der Waals surface area contributed by atoms with Crippen LogP contribution in [0.4, 0.5) is 18.9 Å². The fourth-order valence-electron chi connectivity index (χ4n) is 3.88. The van der Waals surface area contributed by atoms with Crippen molar-refractivity contribution in [2.75, 3.05) is 45.9 Å². The zero-order chi connectivity index (χ0) is 25.3. The maximum atomic E-state index is 12.5. The van der Waals surface area contributed by atoms with E-state index in [-0.39, 0.29) is 11.3 Å². The van der Waals surface area contributed by atoms with E-state index in [0.717, 1.165) is 63.9 Å². The third kappa shape index (κ3) is 8.84. The molecule has 1 amide bonds. The number of halogens is 3. The number of nitro groups is 1. The van der Waals surface area contributed by atoms with E-state index < -0.39 is 29.3 Å². The molecule has 35 heavy (non-hydrogen) atoms. The summed E-state index contributed by atoms with van der Waals surface area (Å²) in [6.07, 6.45) is -3.04. The highest BCUT2D eigenvalue weighted by atomic mass is 19.4. The lowest BCUT2D eigenvalue weighted by Crippen LogP contribution is -2.46. The highest BCUT2D eigenvalue weighted by Gasteiger charge is 2.29. The van der Waals surface area contributed by atoms with Gasteiger partial charge in [-0.3, -0.25) is 19.8 Å². The molecule has 3 rings (SSSR count). The van der Waals surface area contributed by atoms with Crippen LogP contribution < -0.4 is 10.1 Å². The van der Waals surface area contributed by atoms with Crippen LogP contribution in [0, 0.1) is 10.1 Å². The van der Waals surface area contributed by atoms with Gasteiger partial charge in [0.1, 0.15) is 11.3 Å². The number of ether oxygens (including phenoxy) is 1. The molecule has 1 heterocycles. The van der Waals surface area contributed by atoms with Gasteiger partial charge in [-0.05, 0) is 37.1 Å². The van der Waals surface area contributed by atoms with Crippen molar-refractivity contribution in [1.29, 1.82) is 0 Å². The van der Waals surface area contributed by atoms with Crippen LogP contribution >= 0.6 is 0 Å². The maximum absolute atomic E-state index is 12.5. The Morgan fingerprint density at radius 3 is 2.37 bits per heavy atom. The number of alkyl halides is 3. The summed E-state index contributed by atoms with van der Waals surface area (Å²) >= 11 is 0. The molecule has 1 aliphatic heterocycles. The number of rotatable bonds is 11. The lowest BCUT2D eigenvalue weighted by atomic mass is 10.1. The molecule has 2 aromatic rings. The quantitative estimate of drug-likeness (QED) is 0.290. The van der Waals surface area contributed by atoms with Crippen molar-refractivity contribution in [2.45, 2.75) is 25.6 Å². The van der Waals surface area contributed by atoms with Gasteiger partial charge in [0.15, 0.2) is 6.61 Å². The van der Waals surface area contributed by atoms with Crippen molar-refractivity contribution in [1.82, 2.24) is 15.1 Å². The molecule has 1 fully saturated rings. The Kier molecular flexibility index (Phi) is 9.44. The third-order valence-corrected chi connectivity index (χ3v) is 5.71. The topological polar surface area (TPSA) is 88.0 Å². The van der Waals surface area contributed by atoms with Crippen LogP contribution in [-0.4, -0.2) is 72.7 Å². The first-order valence-electron chi connectivity index (χ1n) is 11.5. The monoisotopic (exact) mass is 494 g/mol. The highest BCUT2D eigenvalue weighted by Crippen LogP contribution is 2.26. The fraction of sp³-hybridized carbons (Fsp3) is 0.458. The molecule has 0 unspecified atom stereocenters. The van der Waals surface area contributed by atoms with Crippen LogP contribution in [0.25, 0.3) is 0 Å². The standard InChI is InChI=1S/C24H29F3N4O4/c25-24(26,27)18-35-20-8-9-22(31(33)34)21(16-20)23(32)28-10-4-5-11-29-12-14-30(15-13-29)17-19-6-2-1-3-7-19/h1-3,6-9,16H,4-5,10-15,17-18H2,(H,28,32). The number of unbranched alkanes of at least 4 members (excludes halogenated alkanes) is 1. The number of hydrogen-bond donors (Lipinski definition) is 1. The molecule has 0 spiro atoms. The third-order valence-electron chi connectivity index (χ3n) is 5.71. The lowest BCUT2D eigenvalue weighted by Gasteiger charge is -2.34. The summed E-state index contributed by atoms with van der Waals surface area (Å²) in [5, 5.41) is 13.8. The van der Waals surface area contributed by atoms with Crippen LogP contribution in [0.3, 0.4) is 0 Å². The molecule has 1 N–H and O–H groups in total. The Morgan fingerprint density at radius 1 is 1.03 bits per heavy atom. The molecule has 1 saturated heterocycles. The van der Waals surface area contributed by atoms with Gasteiger partial charge in [-0.2, -0.15) is 13.2 Å². The van der Waals surface area contributed by atoms with E-state index >= 15 is 0 Å². The number of amides is 1. The average Bonchev–Trinajstić information content (AvgIpc) is 2.83. The minimum atomic E-state index is -4.56. The predicted molar refractivity (Wildman–Crippen MR) is 124 cm³/mol. The van der Waals surface area contributed by atoms with E-state index in [1.165, 1.54) is 5.56 Å². The number of benzene rings is 2. The fourth-order valence-corrected chi connectivity index (χ4v) is 3.88. The summed E-state index contributed by atoms with van der Waals surface area (Å²) in [7, 11) is 0. The Hall–Kier alpha value is -3.18.